The molecule has 0 bridgehead atoms. The Labute approximate surface area is 141 Å². The molecular weight excluding hydrogens is 348 g/mol. The zero-order valence-corrected chi connectivity index (χ0v) is 13.4. The predicted molar refractivity (Wildman–Crippen MR) is 80.3 cm³/mol. The molecule has 0 unspecified atom stereocenters. The molecule has 2 heterocycles. The van der Waals surface area contributed by atoms with Crippen LogP contribution in [0.4, 0.5) is 0 Å². The summed E-state index contributed by atoms with van der Waals surface area (Å²) in [5, 5.41) is 0. The van der Waals surface area contributed by atoms with Crippen LogP contribution in [0.5, 0.6) is 0 Å². The monoisotopic (exact) mass is 356 g/mol. The van der Waals surface area contributed by atoms with E-state index in [2.05, 4.69) is 0 Å². The Bertz CT molecular complexity index is 796. The van der Waals surface area contributed by atoms with Crippen LogP contribution >= 0.6 is 0 Å². The molecule has 0 aromatic heterocycles. The van der Waals surface area contributed by atoms with Gasteiger partial charge in [-0.3, -0.25) is 0 Å². The first-order valence-corrected chi connectivity index (χ1v) is 8.74. The second-order valence-electron chi connectivity index (χ2n) is 5.15. The molecule has 0 saturated carbocycles. The molecule has 2 aromatic rings. The molecule has 0 radical (unpaired) electrons. The van der Waals surface area contributed by atoms with Gasteiger partial charge in [-0.25, -0.2) is 19.2 Å². The van der Waals surface area contributed by atoms with Crippen molar-refractivity contribution in [1.29, 1.82) is 0 Å². The molecule has 0 saturated heterocycles. The van der Waals surface area contributed by atoms with Crippen LogP contribution in [0.2, 0.25) is 0 Å². The molecular formula is C16H8O8Si. The van der Waals surface area contributed by atoms with E-state index in [0.29, 0.717) is 0 Å². The quantitative estimate of drug-likeness (QED) is 0.654. The lowest BCUT2D eigenvalue weighted by Crippen LogP contribution is -2.52. The highest BCUT2D eigenvalue weighted by atomic mass is 28.4. The van der Waals surface area contributed by atoms with Crippen LogP contribution in [0.15, 0.2) is 48.5 Å². The van der Waals surface area contributed by atoms with Gasteiger partial charge in [-0.05, 0) is 24.3 Å². The van der Waals surface area contributed by atoms with Crippen LogP contribution in [0, 0.1) is 0 Å². The summed E-state index contributed by atoms with van der Waals surface area (Å²) >= 11 is 0. The number of rotatable bonds is 0. The van der Waals surface area contributed by atoms with Gasteiger partial charge in [0.2, 0.25) is 0 Å². The standard InChI is InChI=1S/C16H8O8Si/c17-13-9-5-1-2-6-10(9)14(18)22-25(21-13)23-15(19)11-7-3-4-8-12(11)16(20)24-25/h1-8H. The van der Waals surface area contributed by atoms with Gasteiger partial charge in [-0.1, -0.05) is 24.3 Å². The first-order valence-electron chi connectivity index (χ1n) is 7.10. The highest BCUT2D eigenvalue weighted by Crippen LogP contribution is 2.29. The zero-order chi connectivity index (χ0) is 17.6. The first kappa shape index (κ1) is 15.1. The van der Waals surface area contributed by atoms with E-state index < -0.39 is 32.9 Å². The summed E-state index contributed by atoms with van der Waals surface area (Å²) in [6, 6.07) is 11.5. The maximum atomic E-state index is 12.3. The van der Waals surface area contributed by atoms with Gasteiger partial charge in [0.05, 0.1) is 22.3 Å². The van der Waals surface area contributed by atoms with Crippen LogP contribution in [0.25, 0.3) is 0 Å². The molecule has 0 aliphatic carbocycles. The summed E-state index contributed by atoms with van der Waals surface area (Å²) in [7, 11) is -4.72. The summed E-state index contributed by atoms with van der Waals surface area (Å²) < 4.78 is 20.2. The topological polar surface area (TPSA) is 105 Å². The fourth-order valence-corrected chi connectivity index (χ4v) is 4.08. The van der Waals surface area contributed by atoms with Crippen molar-refractivity contribution in [1.82, 2.24) is 0 Å². The van der Waals surface area contributed by atoms with E-state index in [0.717, 1.165) is 0 Å². The molecule has 9 heteroatoms. The summed E-state index contributed by atoms with van der Waals surface area (Å²) in [5.41, 5.74) is -0.312. The van der Waals surface area contributed by atoms with Crippen molar-refractivity contribution in [2.75, 3.05) is 0 Å². The molecule has 2 aromatic carbocycles. The highest BCUT2D eigenvalue weighted by molar-refractivity contribution is 6.63. The van der Waals surface area contributed by atoms with Gasteiger partial charge in [0, 0.05) is 0 Å². The highest BCUT2D eigenvalue weighted by Gasteiger charge is 2.66. The summed E-state index contributed by atoms with van der Waals surface area (Å²) in [6.45, 7) is 0. The van der Waals surface area contributed by atoms with Crippen molar-refractivity contribution in [3.05, 3.63) is 70.8 Å². The number of carbonyl (C=O) groups is 4. The molecule has 0 N–H and O–H groups in total. The number of hydrogen-bond donors (Lipinski definition) is 0. The minimum Gasteiger partial charge on any atom is -0.419 e. The Balaban J connectivity index is 1.79. The Morgan fingerprint density at radius 3 is 0.960 bits per heavy atom. The Hall–Kier alpha value is -3.46. The maximum absolute atomic E-state index is 12.3. The second-order valence-corrected chi connectivity index (χ2v) is 6.97. The van der Waals surface area contributed by atoms with Gasteiger partial charge in [-0.2, -0.15) is 0 Å². The lowest BCUT2D eigenvalue weighted by Gasteiger charge is -2.20. The number of hydrogen-bond acceptors (Lipinski definition) is 8. The summed E-state index contributed by atoms with van der Waals surface area (Å²) in [5.74, 6) is -3.95. The third-order valence-corrected chi connectivity index (χ3v) is 5.35. The van der Waals surface area contributed by atoms with Crippen LogP contribution in [-0.2, 0) is 17.7 Å². The van der Waals surface area contributed by atoms with E-state index in [1.54, 1.807) is 0 Å². The predicted octanol–water partition coefficient (Wildman–Crippen LogP) is 1.48. The Morgan fingerprint density at radius 2 is 0.720 bits per heavy atom. The molecule has 2 aliphatic rings. The average Bonchev–Trinajstić information content (AvgIpc) is 2.76. The Morgan fingerprint density at radius 1 is 0.480 bits per heavy atom. The van der Waals surface area contributed by atoms with Crippen molar-refractivity contribution >= 4 is 32.9 Å². The van der Waals surface area contributed by atoms with Gasteiger partial charge < -0.3 is 17.7 Å². The molecule has 4 rings (SSSR count). The van der Waals surface area contributed by atoms with Crippen LogP contribution < -0.4 is 0 Å². The molecule has 0 amide bonds. The summed E-state index contributed by atoms with van der Waals surface area (Å²) in [4.78, 5) is 49.3. The molecule has 0 atom stereocenters. The van der Waals surface area contributed by atoms with Crippen molar-refractivity contribution in [3.8, 4) is 0 Å². The molecule has 2 aliphatic heterocycles. The van der Waals surface area contributed by atoms with Crippen LogP contribution in [0.3, 0.4) is 0 Å². The van der Waals surface area contributed by atoms with E-state index in [-0.39, 0.29) is 22.3 Å². The van der Waals surface area contributed by atoms with Gasteiger partial charge >= 0.3 is 32.9 Å². The van der Waals surface area contributed by atoms with Gasteiger partial charge in [0.25, 0.3) is 0 Å². The van der Waals surface area contributed by atoms with Gasteiger partial charge in [-0.15, -0.1) is 0 Å². The van der Waals surface area contributed by atoms with Crippen molar-refractivity contribution < 1.29 is 36.9 Å². The number of carbonyl (C=O) groups excluding carboxylic acids is 4. The Kier molecular flexibility index (Phi) is 3.19. The smallest absolute Gasteiger partial charge is 0.419 e. The normalized spacial score (nSPS) is 17.9. The minimum absolute atomic E-state index is 0.0780. The number of benzene rings is 2. The summed E-state index contributed by atoms with van der Waals surface area (Å²) in [6.07, 6.45) is 0. The molecule has 25 heavy (non-hydrogen) atoms. The van der Waals surface area contributed by atoms with Crippen molar-refractivity contribution in [2.24, 2.45) is 0 Å². The first-order chi connectivity index (χ1) is 12.0. The van der Waals surface area contributed by atoms with Crippen LogP contribution in [-0.4, -0.2) is 32.9 Å². The van der Waals surface area contributed by atoms with Crippen LogP contribution in [0.1, 0.15) is 41.4 Å². The molecule has 124 valence electrons. The van der Waals surface area contributed by atoms with Gasteiger partial charge in [0.15, 0.2) is 0 Å². The van der Waals surface area contributed by atoms with Crippen molar-refractivity contribution in [2.45, 2.75) is 0 Å². The van der Waals surface area contributed by atoms with Gasteiger partial charge in [0.1, 0.15) is 0 Å². The fourth-order valence-electron chi connectivity index (χ4n) is 2.48. The van der Waals surface area contributed by atoms with E-state index in [1.807, 2.05) is 0 Å². The fraction of sp³-hybridized carbons (Fsp3) is 0. The third kappa shape index (κ3) is 2.37. The van der Waals surface area contributed by atoms with E-state index in [4.69, 9.17) is 17.7 Å². The van der Waals surface area contributed by atoms with Crippen molar-refractivity contribution in [3.63, 3.8) is 0 Å². The minimum atomic E-state index is -4.72. The van der Waals surface area contributed by atoms with E-state index in [1.165, 1.54) is 48.5 Å². The lowest BCUT2D eigenvalue weighted by molar-refractivity contribution is 0.00129. The van der Waals surface area contributed by atoms with E-state index in [9.17, 15) is 19.2 Å². The maximum Gasteiger partial charge on any atom is 0.975 e. The van der Waals surface area contributed by atoms with E-state index >= 15 is 0 Å². The largest absolute Gasteiger partial charge is 0.975 e. The lowest BCUT2D eigenvalue weighted by atomic mass is 10.1. The molecule has 0 fully saturated rings. The molecule has 1 spiro atoms. The average molecular weight is 356 g/mol. The third-order valence-electron chi connectivity index (χ3n) is 3.60. The molecule has 8 nitrogen and oxygen atoms in total. The second kappa shape index (κ2) is 5.28. The SMILES string of the molecule is O=C1O[Si]2(OC(=O)c3ccccc31)OC(=O)c1ccccc1C(=O)O2. The number of fused-ring (bicyclic) bond motifs is 2. The zero-order valence-electron chi connectivity index (χ0n) is 12.4.